The van der Waals surface area contributed by atoms with Crippen LogP contribution in [0.1, 0.15) is 25.7 Å². The van der Waals surface area contributed by atoms with Crippen LogP contribution in [0.15, 0.2) is 70.6 Å². The van der Waals surface area contributed by atoms with Gasteiger partial charge in [0.05, 0.1) is 15.4 Å². The first-order valence-electron chi connectivity index (χ1n) is 10.4. The van der Waals surface area contributed by atoms with Crippen LogP contribution in [-0.4, -0.2) is 42.5 Å². The van der Waals surface area contributed by atoms with Gasteiger partial charge in [-0.1, -0.05) is 30.7 Å². The van der Waals surface area contributed by atoms with E-state index in [1.807, 2.05) is 36.4 Å². The Morgan fingerprint density at radius 1 is 0.968 bits per heavy atom. The Morgan fingerprint density at radius 3 is 2.48 bits per heavy atom. The summed E-state index contributed by atoms with van der Waals surface area (Å²) >= 11 is 1.54. The molecule has 0 saturated carbocycles. The number of thioether (sulfide) groups is 1. The molecule has 0 radical (unpaired) electrons. The summed E-state index contributed by atoms with van der Waals surface area (Å²) in [4.78, 5) is 17.1. The normalized spacial score (nSPS) is 15.1. The van der Waals surface area contributed by atoms with E-state index in [2.05, 4.69) is 10.3 Å². The summed E-state index contributed by atoms with van der Waals surface area (Å²) < 4.78 is 27.0. The van der Waals surface area contributed by atoms with E-state index in [0.717, 1.165) is 35.2 Å². The minimum atomic E-state index is -3.46. The van der Waals surface area contributed by atoms with Crippen LogP contribution in [0.3, 0.4) is 0 Å². The number of nitrogens with zero attached hydrogens (tertiary/aromatic N) is 2. The predicted molar refractivity (Wildman–Crippen MR) is 125 cm³/mol. The van der Waals surface area contributed by atoms with E-state index >= 15 is 0 Å². The van der Waals surface area contributed by atoms with Gasteiger partial charge in [0.25, 0.3) is 0 Å². The lowest BCUT2D eigenvalue weighted by atomic mass is 10.2. The highest BCUT2D eigenvalue weighted by Crippen LogP contribution is 2.23. The maximum atomic E-state index is 12.7. The average molecular weight is 456 g/mol. The lowest BCUT2D eigenvalue weighted by Crippen LogP contribution is -2.35. The van der Waals surface area contributed by atoms with E-state index in [0.29, 0.717) is 31.0 Å². The fraction of sp³-hybridized carbons (Fsp3) is 0.304. The molecule has 2 heterocycles. The molecule has 1 aromatic heterocycles. The lowest BCUT2D eigenvalue weighted by Gasteiger charge is -2.25. The Hall–Kier alpha value is -2.42. The van der Waals surface area contributed by atoms with E-state index in [1.54, 1.807) is 28.6 Å². The number of hydrogen-bond donors (Lipinski definition) is 1. The van der Waals surface area contributed by atoms with Crippen molar-refractivity contribution in [1.29, 1.82) is 0 Å². The molecule has 1 N–H and O–H groups in total. The molecule has 2 aromatic carbocycles. The Kier molecular flexibility index (Phi) is 6.89. The van der Waals surface area contributed by atoms with Gasteiger partial charge in [0.2, 0.25) is 15.9 Å². The molecule has 6 nitrogen and oxygen atoms in total. The van der Waals surface area contributed by atoms with Crippen molar-refractivity contribution in [3.63, 3.8) is 0 Å². The van der Waals surface area contributed by atoms with Gasteiger partial charge >= 0.3 is 0 Å². The van der Waals surface area contributed by atoms with Crippen LogP contribution < -0.4 is 5.32 Å². The van der Waals surface area contributed by atoms with Gasteiger partial charge in [-0.05, 0) is 49.2 Å². The van der Waals surface area contributed by atoms with E-state index < -0.39 is 10.0 Å². The summed E-state index contributed by atoms with van der Waals surface area (Å²) in [6, 6.07) is 18.3. The van der Waals surface area contributed by atoms with Gasteiger partial charge in [0, 0.05) is 36.3 Å². The van der Waals surface area contributed by atoms with Crippen molar-refractivity contribution in [2.75, 3.05) is 24.2 Å². The van der Waals surface area contributed by atoms with Gasteiger partial charge in [-0.15, -0.1) is 11.8 Å². The molecular formula is C23H25N3O3S2. The van der Waals surface area contributed by atoms with Crippen LogP contribution >= 0.6 is 11.8 Å². The minimum Gasteiger partial charge on any atom is -0.326 e. The molecule has 4 rings (SSSR count). The van der Waals surface area contributed by atoms with Crippen molar-refractivity contribution >= 4 is 44.3 Å². The molecule has 1 aliphatic rings. The highest BCUT2D eigenvalue weighted by molar-refractivity contribution is 7.99. The number of sulfonamides is 1. The predicted octanol–water partition coefficient (Wildman–Crippen LogP) is 4.53. The van der Waals surface area contributed by atoms with Crippen molar-refractivity contribution < 1.29 is 13.2 Å². The Labute approximate surface area is 187 Å². The fourth-order valence-electron chi connectivity index (χ4n) is 3.56. The minimum absolute atomic E-state index is 0.111. The third-order valence-corrected chi connectivity index (χ3v) is 8.09. The molecule has 0 spiro atoms. The van der Waals surface area contributed by atoms with E-state index in [9.17, 15) is 13.2 Å². The van der Waals surface area contributed by atoms with Crippen LogP contribution in [-0.2, 0) is 14.8 Å². The molecule has 1 saturated heterocycles. The first-order chi connectivity index (χ1) is 15.0. The summed E-state index contributed by atoms with van der Waals surface area (Å²) in [5, 5.41) is 4.82. The first-order valence-corrected chi connectivity index (χ1v) is 12.8. The van der Waals surface area contributed by atoms with E-state index in [-0.39, 0.29) is 10.8 Å². The van der Waals surface area contributed by atoms with E-state index in [4.69, 9.17) is 0 Å². The Morgan fingerprint density at radius 2 is 1.71 bits per heavy atom. The topological polar surface area (TPSA) is 79.4 Å². The molecule has 8 heteroatoms. The number of fused-ring (bicyclic) bond motifs is 1. The second kappa shape index (κ2) is 9.80. The van der Waals surface area contributed by atoms with E-state index in [1.165, 1.54) is 11.8 Å². The summed E-state index contributed by atoms with van der Waals surface area (Å²) in [5.74, 6) is 0.499. The number of carbonyl (C=O) groups is 1. The summed E-state index contributed by atoms with van der Waals surface area (Å²) in [7, 11) is -3.46. The largest absolute Gasteiger partial charge is 0.326 e. The molecule has 0 aliphatic carbocycles. The molecule has 162 valence electrons. The molecular weight excluding hydrogens is 430 g/mol. The maximum absolute atomic E-state index is 12.7. The van der Waals surface area contributed by atoms with Gasteiger partial charge in [-0.2, -0.15) is 4.31 Å². The second-order valence-electron chi connectivity index (χ2n) is 7.48. The summed E-state index contributed by atoms with van der Waals surface area (Å²) in [6.45, 7) is 1.15. The highest BCUT2D eigenvalue weighted by atomic mass is 32.2. The van der Waals surface area contributed by atoms with Crippen molar-refractivity contribution in [2.24, 2.45) is 0 Å². The Bertz CT molecular complexity index is 1160. The monoisotopic (exact) mass is 455 g/mol. The molecule has 0 atom stereocenters. The number of pyridine rings is 1. The quantitative estimate of drug-likeness (QED) is 0.530. The number of anilines is 1. The molecule has 1 aliphatic heterocycles. The van der Waals surface area contributed by atoms with Gasteiger partial charge in [0.15, 0.2) is 0 Å². The van der Waals surface area contributed by atoms with Crippen molar-refractivity contribution in [3.05, 3.63) is 60.7 Å². The third-order valence-electron chi connectivity index (χ3n) is 5.24. The molecule has 0 bridgehead atoms. The van der Waals surface area contributed by atoms with Gasteiger partial charge < -0.3 is 5.32 Å². The zero-order valence-corrected chi connectivity index (χ0v) is 18.8. The molecule has 31 heavy (non-hydrogen) atoms. The highest BCUT2D eigenvalue weighted by Gasteiger charge is 2.25. The molecule has 3 aromatic rings. The molecule has 1 fully saturated rings. The van der Waals surface area contributed by atoms with Crippen LogP contribution in [0.25, 0.3) is 10.9 Å². The number of nitrogens with one attached hydrogen (secondary N) is 1. The van der Waals surface area contributed by atoms with Crippen LogP contribution in [0.5, 0.6) is 0 Å². The molecule has 1 amide bonds. The zero-order valence-electron chi connectivity index (χ0n) is 17.2. The second-order valence-corrected chi connectivity index (χ2v) is 10.5. The zero-order chi connectivity index (χ0) is 21.7. The number of hydrogen-bond acceptors (Lipinski definition) is 5. The number of piperidine rings is 1. The number of carbonyl (C=O) groups excluding carboxylic acids is 1. The van der Waals surface area contributed by atoms with Crippen LogP contribution in [0.2, 0.25) is 0 Å². The van der Waals surface area contributed by atoms with Crippen LogP contribution in [0, 0.1) is 0 Å². The maximum Gasteiger partial charge on any atom is 0.243 e. The lowest BCUT2D eigenvalue weighted by molar-refractivity contribution is -0.115. The van der Waals surface area contributed by atoms with Crippen molar-refractivity contribution in [1.82, 2.24) is 9.29 Å². The summed E-state index contributed by atoms with van der Waals surface area (Å²) in [6.07, 6.45) is 3.22. The summed E-state index contributed by atoms with van der Waals surface area (Å²) in [5.41, 5.74) is 1.54. The standard InChI is InChI=1S/C23H25N3O3S2/c27-22(14-17-30-23-13-8-18-6-2-3-7-21(18)25-23)24-19-9-11-20(12-10-19)31(28,29)26-15-4-1-5-16-26/h2-3,6-13H,1,4-5,14-17H2,(H,24,27). The number of amides is 1. The number of aromatic nitrogens is 1. The Balaban J connectivity index is 1.29. The van der Waals surface area contributed by atoms with Crippen LogP contribution in [0.4, 0.5) is 5.69 Å². The molecule has 0 unspecified atom stereocenters. The average Bonchev–Trinajstić information content (AvgIpc) is 2.80. The number of para-hydroxylation sites is 1. The van der Waals surface area contributed by atoms with Crippen molar-refractivity contribution in [3.8, 4) is 0 Å². The number of rotatable bonds is 7. The third kappa shape index (κ3) is 5.44. The fourth-order valence-corrected chi connectivity index (χ4v) is 5.90. The van der Waals surface area contributed by atoms with Gasteiger partial charge in [-0.3, -0.25) is 4.79 Å². The van der Waals surface area contributed by atoms with Crippen molar-refractivity contribution in [2.45, 2.75) is 35.6 Å². The first kappa shape index (κ1) is 21.8. The van der Waals surface area contributed by atoms with Gasteiger partial charge in [0.1, 0.15) is 0 Å². The number of benzene rings is 2. The SMILES string of the molecule is O=C(CCSc1ccc2ccccc2n1)Nc1ccc(S(=O)(=O)N2CCCCC2)cc1. The smallest absolute Gasteiger partial charge is 0.243 e. The van der Waals surface area contributed by atoms with Gasteiger partial charge in [-0.25, -0.2) is 13.4 Å².